The Bertz CT molecular complexity index is 320. The first kappa shape index (κ1) is 11.7. The van der Waals surface area contributed by atoms with Crippen LogP contribution < -0.4 is 0 Å². The van der Waals surface area contributed by atoms with Crippen LogP contribution in [0, 0.1) is 5.41 Å². The summed E-state index contributed by atoms with van der Waals surface area (Å²) in [5.41, 5.74) is 0.625. The van der Waals surface area contributed by atoms with Crippen LogP contribution in [0.2, 0.25) is 0 Å². The number of carbonyl (C=O) groups excluding carboxylic acids is 1. The highest BCUT2D eigenvalue weighted by molar-refractivity contribution is 5.76. The molecule has 0 fully saturated rings. The number of carbonyl (C=O) groups is 1. The monoisotopic (exact) mass is 207 g/mol. The fourth-order valence-electron chi connectivity index (χ4n) is 1.41. The molecule has 15 heavy (non-hydrogen) atoms. The number of hydrogen-bond acceptors (Lipinski definition) is 3. The number of ether oxygens (including phenoxy) is 1. The van der Waals surface area contributed by atoms with Crippen molar-refractivity contribution in [1.29, 1.82) is 0 Å². The Kier molecular flexibility index (Phi) is 3.83. The van der Waals surface area contributed by atoms with Gasteiger partial charge < -0.3 is 4.74 Å². The third-order valence-electron chi connectivity index (χ3n) is 2.22. The van der Waals surface area contributed by atoms with Crippen molar-refractivity contribution in [2.24, 2.45) is 5.41 Å². The van der Waals surface area contributed by atoms with E-state index in [0.717, 1.165) is 5.56 Å². The minimum Gasteiger partial charge on any atom is -0.466 e. The number of hydrogen-bond donors (Lipinski definition) is 0. The van der Waals surface area contributed by atoms with Gasteiger partial charge in [0.05, 0.1) is 12.0 Å². The molecule has 0 aliphatic carbocycles. The van der Waals surface area contributed by atoms with E-state index in [1.54, 1.807) is 12.4 Å². The maximum atomic E-state index is 11.6. The second kappa shape index (κ2) is 4.91. The number of aromatic nitrogens is 1. The molecule has 0 aliphatic rings. The standard InChI is InChI=1S/C12H17NO2/c1-4-15-11(14)12(2,3)9-10-5-7-13-8-6-10/h5-8H,4,9H2,1-3H3. The van der Waals surface area contributed by atoms with Gasteiger partial charge in [-0.25, -0.2) is 0 Å². The van der Waals surface area contributed by atoms with Crippen molar-refractivity contribution >= 4 is 5.97 Å². The Hall–Kier alpha value is -1.38. The third kappa shape index (κ3) is 3.35. The first-order valence-corrected chi connectivity index (χ1v) is 5.12. The molecule has 1 heterocycles. The van der Waals surface area contributed by atoms with Crippen LogP contribution in [0.15, 0.2) is 24.5 Å². The molecule has 1 aromatic rings. The van der Waals surface area contributed by atoms with Crippen LogP contribution >= 0.6 is 0 Å². The number of pyridine rings is 1. The lowest BCUT2D eigenvalue weighted by molar-refractivity contribution is -0.153. The lowest BCUT2D eigenvalue weighted by Crippen LogP contribution is -2.28. The topological polar surface area (TPSA) is 39.2 Å². The Morgan fingerprint density at radius 1 is 1.40 bits per heavy atom. The van der Waals surface area contributed by atoms with E-state index in [1.165, 1.54) is 0 Å². The van der Waals surface area contributed by atoms with Gasteiger partial charge in [-0.15, -0.1) is 0 Å². The van der Waals surface area contributed by atoms with Crippen LogP contribution in [0.5, 0.6) is 0 Å². The maximum Gasteiger partial charge on any atom is 0.311 e. The zero-order chi connectivity index (χ0) is 11.3. The van der Waals surface area contributed by atoms with E-state index >= 15 is 0 Å². The largest absolute Gasteiger partial charge is 0.466 e. The van der Waals surface area contributed by atoms with Gasteiger partial charge in [0.2, 0.25) is 0 Å². The van der Waals surface area contributed by atoms with Crippen LogP contribution in [0.3, 0.4) is 0 Å². The van der Waals surface area contributed by atoms with Gasteiger partial charge in [0.25, 0.3) is 0 Å². The van der Waals surface area contributed by atoms with Crippen molar-refractivity contribution in [3.63, 3.8) is 0 Å². The minimum absolute atomic E-state index is 0.151. The van der Waals surface area contributed by atoms with Crippen molar-refractivity contribution in [3.05, 3.63) is 30.1 Å². The second-order valence-electron chi connectivity index (χ2n) is 4.14. The molecule has 0 spiro atoms. The highest BCUT2D eigenvalue weighted by Gasteiger charge is 2.29. The van der Waals surface area contributed by atoms with Crippen LogP contribution in [-0.4, -0.2) is 17.6 Å². The fourth-order valence-corrected chi connectivity index (χ4v) is 1.41. The van der Waals surface area contributed by atoms with Crippen LogP contribution in [-0.2, 0) is 16.0 Å². The van der Waals surface area contributed by atoms with E-state index in [9.17, 15) is 4.79 Å². The summed E-state index contributed by atoms with van der Waals surface area (Å²) in [5.74, 6) is -0.151. The summed E-state index contributed by atoms with van der Waals surface area (Å²) in [5, 5.41) is 0. The molecule has 0 saturated carbocycles. The van der Waals surface area contributed by atoms with Gasteiger partial charge in [0.1, 0.15) is 0 Å². The molecule has 0 bridgehead atoms. The molecule has 3 heteroatoms. The van der Waals surface area contributed by atoms with Crippen LogP contribution in [0.4, 0.5) is 0 Å². The molecule has 0 N–H and O–H groups in total. The molecule has 1 rings (SSSR count). The summed E-state index contributed by atoms with van der Waals surface area (Å²) in [4.78, 5) is 15.6. The molecular weight excluding hydrogens is 190 g/mol. The van der Waals surface area contributed by atoms with E-state index in [4.69, 9.17) is 4.74 Å². The summed E-state index contributed by atoms with van der Waals surface area (Å²) in [6.07, 6.45) is 4.14. The van der Waals surface area contributed by atoms with Crippen molar-refractivity contribution in [2.45, 2.75) is 27.2 Å². The van der Waals surface area contributed by atoms with Gasteiger partial charge >= 0.3 is 5.97 Å². The quantitative estimate of drug-likeness (QED) is 0.710. The molecule has 82 valence electrons. The molecule has 0 unspecified atom stereocenters. The summed E-state index contributed by atoms with van der Waals surface area (Å²) in [6.45, 7) is 6.04. The van der Waals surface area contributed by atoms with Gasteiger partial charge in [-0.1, -0.05) is 0 Å². The zero-order valence-electron chi connectivity index (χ0n) is 9.49. The van der Waals surface area contributed by atoms with Gasteiger partial charge in [0, 0.05) is 12.4 Å². The maximum absolute atomic E-state index is 11.6. The molecule has 3 nitrogen and oxygen atoms in total. The number of rotatable bonds is 4. The van der Waals surface area contributed by atoms with Crippen molar-refractivity contribution < 1.29 is 9.53 Å². The smallest absolute Gasteiger partial charge is 0.311 e. The number of nitrogens with zero attached hydrogens (tertiary/aromatic N) is 1. The summed E-state index contributed by atoms with van der Waals surface area (Å²) < 4.78 is 5.02. The van der Waals surface area contributed by atoms with Crippen molar-refractivity contribution in [1.82, 2.24) is 4.98 Å². The Labute approximate surface area is 90.5 Å². The molecule has 1 aromatic heterocycles. The minimum atomic E-state index is -0.475. The van der Waals surface area contributed by atoms with Gasteiger partial charge in [-0.3, -0.25) is 9.78 Å². The Balaban J connectivity index is 2.68. The summed E-state index contributed by atoms with van der Waals surface area (Å²) in [7, 11) is 0. The molecule has 0 atom stereocenters. The van der Waals surface area contributed by atoms with Crippen molar-refractivity contribution in [3.8, 4) is 0 Å². The fraction of sp³-hybridized carbons (Fsp3) is 0.500. The van der Waals surface area contributed by atoms with E-state index in [-0.39, 0.29) is 5.97 Å². The Morgan fingerprint density at radius 3 is 2.53 bits per heavy atom. The lowest BCUT2D eigenvalue weighted by atomic mass is 9.86. The van der Waals surface area contributed by atoms with Crippen LogP contribution in [0.1, 0.15) is 26.3 Å². The summed E-state index contributed by atoms with van der Waals surface area (Å²) in [6, 6.07) is 3.84. The van der Waals surface area contributed by atoms with Crippen LogP contribution in [0.25, 0.3) is 0 Å². The predicted molar refractivity (Wildman–Crippen MR) is 58.4 cm³/mol. The second-order valence-corrected chi connectivity index (χ2v) is 4.14. The van der Waals surface area contributed by atoms with Gasteiger partial charge in [-0.05, 0) is 44.9 Å². The molecule has 0 aromatic carbocycles. The zero-order valence-corrected chi connectivity index (χ0v) is 9.49. The first-order valence-electron chi connectivity index (χ1n) is 5.12. The molecule has 0 amide bonds. The normalized spacial score (nSPS) is 11.1. The predicted octanol–water partition coefficient (Wildman–Crippen LogP) is 2.21. The van der Waals surface area contributed by atoms with E-state index < -0.39 is 5.41 Å². The first-order chi connectivity index (χ1) is 7.06. The molecule has 0 aliphatic heterocycles. The highest BCUT2D eigenvalue weighted by Crippen LogP contribution is 2.23. The van der Waals surface area contributed by atoms with Gasteiger partial charge in [0.15, 0.2) is 0 Å². The highest BCUT2D eigenvalue weighted by atomic mass is 16.5. The van der Waals surface area contributed by atoms with E-state index in [2.05, 4.69) is 4.98 Å². The average molecular weight is 207 g/mol. The Morgan fingerprint density at radius 2 is 2.00 bits per heavy atom. The average Bonchev–Trinajstić information content (AvgIpc) is 2.19. The molecular formula is C12H17NO2. The number of esters is 1. The van der Waals surface area contributed by atoms with E-state index in [0.29, 0.717) is 13.0 Å². The summed E-state index contributed by atoms with van der Waals surface area (Å²) >= 11 is 0. The third-order valence-corrected chi connectivity index (χ3v) is 2.22. The van der Waals surface area contributed by atoms with Gasteiger partial charge in [-0.2, -0.15) is 0 Å². The molecule has 0 radical (unpaired) electrons. The van der Waals surface area contributed by atoms with E-state index in [1.807, 2.05) is 32.9 Å². The lowest BCUT2D eigenvalue weighted by Gasteiger charge is -2.22. The molecule has 0 saturated heterocycles. The SMILES string of the molecule is CCOC(=O)C(C)(C)Cc1ccncc1. The van der Waals surface area contributed by atoms with Crippen molar-refractivity contribution in [2.75, 3.05) is 6.61 Å².